The molecule has 180 valence electrons. The molecule has 0 heterocycles. The Kier molecular flexibility index (Phi) is 9.76. The first-order valence-electron chi connectivity index (χ1n) is 11.4. The van der Waals surface area contributed by atoms with E-state index in [1.807, 2.05) is 60.7 Å². The number of aliphatic hydroxyl groups excluding tert-OH is 1. The Labute approximate surface area is 206 Å². The van der Waals surface area contributed by atoms with E-state index in [9.17, 15) is 9.90 Å². The van der Waals surface area contributed by atoms with Crippen LogP contribution in [0, 0.1) is 0 Å². The van der Waals surface area contributed by atoms with E-state index in [0.29, 0.717) is 18.0 Å². The molecule has 3 aromatic rings. The molecule has 3 aromatic carbocycles. The van der Waals surface area contributed by atoms with Crippen molar-refractivity contribution in [2.75, 3.05) is 18.5 Å². The molecule has 0 saturated carbocycles. The average molecular weight is 483 g/mol. The molecule has 6 nitrogen and oxygen atoms in total. The van der Waals surface area contributed by atoms with E-state index in [2.05, 4.69) is 16.7 Å². The van der Waals surface area contributed by atoms with Gasteiger partial charge in [-0.3, -0.25) is 5.32 Å². The molecular weight excluding hydrogens is 452 g/mol. The van der Waals surface area contributed by atoms with Gasteiger partial charge in [-0.2, -0.15) is 0 Å². The Hall–Kier alpha value is -3.06. The topological polar surface area (TPSA) is 79.8 Å². The van der Waals surface area contributed by atoms with Crippen LogP contribution in [0.4, 0.5) is 10.5 Å². The quantitative estimate of drug-likeness (QED) is 0.394. The number of anilines is 1. The van der Waals surface area contributed by atoms with Crippen LogP contribution >= 0.6 is 12.4 Å². The molecule has 0 fully saturated rings. The van der Waals surface area contributed by atoms with Gasteiger partial charge in [-0.1, -0.05) is 42.5 Å². The summed E-state index contributed by atoms with van der Waals surface area (Å²) < 4.78 is 11.0. The number of fused-ring (bicyclic) bond motifs is 1. The average Bonchev–Trinajstić information content (AvgIpc) is 3.04. The van der Waals surface area contributed by atoms with Gasteiger partial charge in [-0.05, 0) is 73.2 Å². The minimum Gasteiger partial charge on any atom is -0.491 e. The van der Waals surface area contributed by atoms with E-state index < -0.39 is 12.2 Å². The molecule has 1 amide bonds. The van der Waals surface area contributed by atoms with Gasteiger partial charge in [0.05, 0.1) is 0 Å². The molecular formula is C27H31ClN2O4. The molecule has 0 spiro atoms. The molecule has 1 unspecified atom stereocenters. The number of nitrogens with one attached hydrogen (secondary N) is 2. The van der Waals surface area contributed by atoms with Crippen molar-refractivity contribution in [2.45, 2.75) is 37.8 Å². The SMILES string of the molecule is Cl.O=C(Nc1ccc2c(c1)CC(NC[C@H](O)COc1ccccc1)CCC2)Oc1ccccc1. The van der Waals surface area contributed by atoms with Crippen LogP contribution in [0.3, 0.4) is 0 Å². The summed E-state index contributed by atoms with van der Waals surface area (Å²) in [6.45, 7) is 0.714. The number of rotatable bonds is 8. The number of carbonyl (C=O) groups is 1. The number of benzene rings is 3. The van der Waals surface area contributed by atoms with Gasteiger partial charge in [-0.15, -0.1) is 12.4 Å². The van der Waals surface area contributed by atoms with Crippen LogP contribution < -0.4 is 20.1 Å². The van der Waals surface area contributed by atoms with Crippen molar-refractivity contribution in [3.05, 3.63) is 90.0 Å². The van der Waals surface area contributed by atoms with Crippen LogP contribution in [0.5, 0.6) is 11.5 Å². The molecule has 34 heavy (non-hydrogen) atoms. The number of aryl methyl sites for hydroxylation is 1. The second-order valence-corrected chi connectivity index (χ2v) is 8.29. The summed E-state index contributed by atoms with van der Waals surface area (Å²) >= 11 is 0. The van der Waals surface area contributed by atoms with Gasteiger partial charge in [-0.25, -0.2) is 4.79 Å². The monoisotopic (exact) mass is 482 g/mol. The highest BCUT2D eigenvalue weighted by molar-refractivity contribution is 5.86. The van der Waals surface area contributed by atoms with Crippen LogP contribution in [-0.2, 0) is 12.8 Å². The number of amides is 1. The Morgan fingerprint density at radius 2 is 1.68 bits per heavy atom. The van der Waals surface area contributed by atoms with E-state index in [-0.39, 0.29) is 25.1 Å². The summed E-state index contributed by atoms with van der Waals surface area (Å²) in [7, 11) is 0. The van der Waals surface area contributed by atoms with E-state index in [4.69, 9.17) is 9.47 Å². The molecule has 0 radical (unpaired) electrons. The first-order chi connectivity index (χ1) is 16.2. The molecule has 0 aliphatic heterocycles. The Balaban J connectivity index is 0.00000324. The first kappa shape index (κ1) is 25.6. The van der Waals surface area contributed by atoms with Crippen molar-refractivity contribution in [1.29, 1.82) is 0 Å². The van der Waals surface area contributed by atoms with Gasteiger partial charge in [0.15, 0.2) is 0 Å². The summed E-state index contributed by atoms with van der Waals surface area (Å²) in [5.41, 5.74) is 3.22. The summed E-state index contributed by atoms with van der Waals surface area (Å²) in [5, 5.41) is 16.6. The molecule has 0 saturated heterocycles. The number of aliphatic hydroxyl groups is 1. The smallest absolute Gasteiger partial charge is 0.417 e. The molecule has 4 rings (SSSR count). The zero-order chi connectivity index (χ0) is 22.9. The van der Waals surface area contributed by atoms with Crippen molar-refractivity contribution in [2.24, 2.45) is 0 Å². The van der Waals surface area contributed by atoms with Crippen LogP contribution in [-0.4, -0.2) is 36.5 Å². The minimum absolute atomic E-state index is 0. The minimum atomic E-state index is -0.589. The Bertz CT molecular complexity index is 1030. The Morgan fingerprint density at radius 3 is 2.41 bits per heavy atom. The summed E-state index contributed by atoms with van der Waals surface area (Å²) in [4.78, 5) is 12.2. The lowest BCUT2D eigenvalue weighted by Gasteiger charge is -2.20. The van der Waals surface area contributed by atoms with Gasteiger partial charge in [0.1, 0.15) is 24.2 Å². The molecule has 2 atom stereocenters. The molecule has 1 aliphatic carbocycles. The highest BCUT2D eigenvalue weighted by Crippen LogP contribution is 2.24. The van der Waals surface area contributed by atoms with Crippen LogP contribution in [0.15, 0.2) is 78.9 Å². The summed E-state index contributed by atoms with van der Waals surface area (Å²) in [6.07, 6.45) is 2.84. The molecule has 3 N–H and O–H groups in total. The van der Waals surface area contributed by atoms with Crippen molar-refractivity contribution < 1.29 is 19.4 Å². The highest BCUT2D eigenvalue weighted by Gasteiger charge is 2.18. The summed E-state index contributed by atoms with van der Waals surface area (Å²) in [5.74, 6) is 1.26. The molecule has 0 aromatic heterocycles. The van der Waals surface area contributed by atoms with Gasteiger partial charge in [0.25, 0.3) is 0 Å². The number of hydrogen-bond acceptors (Lipinski definition) is 5. The maximum atomic E-state index is 12.2. The normalized spacial score (nSPS) is 15.7. The second-order valence-electron chi connectivity index (χ2n) is 8.29. The number of ether oxygens (including phenoxy) is 2. The van der Waals surface area contributed by atoms with E-state index >= 15 is 0 Å². The lowest BCUT2D eigenvalue weighted by Crippen LogP contribution is -2.39. The predicted octanol–water partition coefficient (Wildman–Crippen LogP) is 5.00. The highest BCUT2D eigenvalue weighted by atomic mass is 35.5. The number of carbonyl (C=O) groups excluding carboxylic acids is 1. The maximum Gasteiger partial charge on any atom is 0.417 e. The lowest BCUT2D eigenvalue weighted by molar-refractivity contribution is 0.103. The second kappa shape index (κ2) is 13.0. The van der Waals surface area contributed by atoms with Gasteiger partial charge >= 0.3 is 6.09 Å². The van der Waals surface area contributed by atoms with E-state index in [1.165, 1.54) is 11.1 Å². The maximum absolute atomic E-state index is 12.2. The lowest BCUT2D eigenvalue weighted by atomic mass is 10.0. The fourth-order valence-corrected chi connectivity index (χ4v) is 4.03. The number of para-hydroxylation sites is 2. The predicted molar refractivity (Wildman–Crippen MR) is 136 cm³/mol. The van der Waals surface area contributed by atoms with Gasteiger partial charge in [0, 0.05) is 18.3 Å². The molecule has 7 heteroatoms. The molecule has 1 aliphatic rings. The van der Waals surface area contributed by atoms with Crippen LogP contribution in [0.2, 0.25) is 0 Å². The largest absolute Gasteiger partial charge is 0.491 e. The van der Waals surface area contributed by atoms with Gasteiger partial charge < -0.3 is 19.9 Å². The van der Waals surface area contributed by atoms with E-state index in [1.54, 1.807) is 12.1 Å². The third-order valence-corrected chi connectivity index (χ3v) is 5.70. The third-order valence-electron chi connectivity index (χ3n) is 5.70. The van der Waals surface area contributed by atoms with Gasteiger partial charge in [0.2, 0.25) is 0 Å². The fourth-order valence-electron chi connectivity index (χ4n) is 4.03. The zero-order valence-electron chi connectivity index (χ0n) is 19.0. The molecule has 0 bridgehead atoms. The van der Waals surface area contributed by atoms with Crippen LogP contribution in [0.25, 0.3) is 0 Å². The number of hydrogen-bond donors (Lipinski definition) is 3. The summed E-state index contributed by atoms with van der Waals surface area (Å²) in [6, 6.07) is 24.8. The van der Waals surface area contributed by atoms with Crippen molar-refractivity contribution >= 4 is 24.2 Å². The zero-order valence-corrected chi connectivity index (χ0v) is 19.8. The van der Waals surface area contributed by atoms with E-state index in [0.717, 1.165) is 31.4 Å². The van der Waals surface area contributed by atoms with Crippen molar-refractivity contribution in [3.63, 3.8) is 0 Å². The Morgan fingerprint density at radius 1 is 0.971 bits per heavy atom. The number of halogens is 1. The van der Waals surface area contributed by atoms with Crippen molar-refractivity contribution in [3.8, 4) is 11.5 Å². The standard InChI is InChI=1S/C27H30N2O4.ClH/c30-24(19-32-25-10-3-1-4-11-25)18-28-22-9-7-8-20-14-15-23(17-21(20)16-22)29-27(31)33-26-12-5-2-6-13-26;/h1-6,10-15,17,22,24,28,30H,7-9,16,18-19H2,(H,29,31);1H/t22?,24-;/m0./s1. The third kappa shape index (κ3) is 7.76. The fraction of sp³-hybridized carbons (Fsp3) is 0.296. The first-order valence-corrected chi connectivity index (χ1v) is 11.4. The van der Waals surface area contributed by atoms with Crippen LogP contribution in [0.1, 0.15) is 24.0 Å². The van der Waals surface area contributed by atoms with Crippen molar-refractivity contribution in [1.82, 2.24) is 5.32 Å².